The van der Waals surface area contributed by atoms with Crippen LogP contribution in [0.2, 0.25) is 0 Å². The van der Waals surface area contributed by atoms with E-state index in [4.69, 9.17) is 4.74 Å². The molecule has 0 aliphatic heterocycles. The normalized spacial score (nSPS) is 18.7. The molecule has 7 nitrogen and oxygen atoms in total. The highest BCUT2D eigenvalue weighted by molar-refractivity contribution is 6.00. The molecule has 0 spiro atoms. The lowest BCUT2D eigenvalue weighted by Gasteiger charge is -2.27. The maximum Gasteiger partial charge on any atom is 0.407 e. The maximum absolute atomic E-state index is 12.7. The Hall–Kier alpha value is -3.35. The van der Waals surface area contributed by atoms with E-state index in [0.717, 1.165) is 48.0 Å². The van der Waals surface area contributed by atoms with Crippen LogP contribution in [-0.4, -0.2) is 28.5 Å². The molecule has 2 aromatic heterocycles. The summed E-state index contributed by atoms with van der Waals surface area (Å²) in [6.07, 6.45) is 6.56. The van der Waals surface area contributed by atoms with E-state index < -0.39 is 6.09 Å². The molecule has 2 heterocycles. The molecule has 1 fully saturated rings. The van der Waals surface area contributed by atoms with Crippen molar-refractivity contribution in [3.63, 3.8) is 0 Å². The first-order chi connectivity index (χ1) is 14.7. The smallest absolute Gasteiger partial charge is 0.407 e. The first-order valence-corrected chi connectivity index (χ1v) is 10.4. The summed E-state index contributed by atoms with van der Waals surface area (Å²) < 4.78 is 5.25. The van der Waals surface area contributed by atoms with E-state index in [1.165, 1.54) is 0 Å². The fourth-order valence-corrected chi connectivity index (χ4v) is 3.94. The van der Waals surface area contributed by atoms with E-state index in [1.54, 1.807) is 6.20 Å². The number of carbonyl (C=O) groups is 2. The van der Waals surface area contributed by atoms with E-state index in [2.05, 4.69) is 20.6 Å². The zero-order chi connectivity index (χ0) is 20.8. The Bertz CT molecular complexity index is 994. The van der Waals surface area contributed by atoms with Crippen LogP contribution in [0.5, 0.6) is 0 Å². The number of anilines is 1. The number of H-pyrrole nitrogens is 1. The predicted molar refractivity (Wildman–Crippen MR) is 115 cm³/mol. The molecule has 1 saturated carbocycles. The van der Waals surface area contributed by atoms with E-state index in [9.17, 15) is 9.59 Å². The summed E-state index contributed by atoms with van der Waals surface area (Å²) in [6, 6.07) is 13.3. The molecular weight excluding hydrogens is 380 g/mol. The standard InChI is InChI=1S/C23H26N4O3/c28-22(27-20-11-13-25-21-19(20)10-12-24-21)18-8-6-16(7-9-18)14-26-23(29)30-15-17-4-2-1-3-5-17/h1-5,10-13,16,18H,6-9,14-15H2,(H,26,29)(H2,24,25,27,28). The number of nitrogens with zero attached hydrogens (tertiary/aromatic N) is 1. The topological polar surface area (TPSA) is 96.1 Å². The molecule has 2 amide bonds. The van der Waals surface area contributed by atoms with Gasteiger partial charge in [-0.05, 0) is 49.3 Å². The molecule has 1 aromatic carbocycles. The van der Waals surface area contributed by atoms with Gasteiger partial charge in [0, 0.05) is 30.2 Å². The fraction of sp³-hybridized carbons (Fsp3) is 0.348. The number of aromatic nitrogens is 2. The largest absolute Gasteiger partial charge is 0.445 e. The third kappa shape index (κ3) is 4.97. The number of hydrogen-bond acceptors (Lipinski definition) is 4. The Morgan fingerprint density at radius 2 is 1.87 bits per heavy atom. The minimum absolute atomic E-state index is 0.00607. The van der Waals surface area contributed by atoms with Crippen LogP contribution in [0.3, 0.4) is 0 Å². The maximum atomic E-state index is 12.7. The second kappa shape index (κ2) is 9.43. The molecule has 7 heteroatoms. The van der Waals surface area contributed by atoms with Gasteiger partial charge in [-0.25, -0.2) is 9.78 Å². The van der Waals surface area contributed by atoms with Gasteiger partial charge in [0.1, 0.15) is 12.3 Å². The average Bonchev–Trinajstić information content (AvgIpc) is 3.27. The first-order valence-electron chi connectivity index (χ1n) is 10.4. The molecule has 0 atom stereocenters. The van der Waals surface area contributed by atoms with Crippen molar-refractivity contribution in [2.75, 3.05) is 11.9 Å². The van der Waals surface area contributed by atoms with Gasteiger partial charge >= 0.3 is 6.09 Å². The van der Waals surface area contributed by atoms with E-state index in [0.29, 0.717) is 12.5 Å². The van der Waals surface area contributed by atoms with E-state index in [-0.39, 0.29) is 18.4 Å². The summed E-state index contributed by atoms with van der Waals surface area (Å²) in [6.45, 7) is 0.847. The van der Waals surface area contributed by atoms with Crippen molar-refractivity contribution < 1.29 is 14.3 Å². The van der Waals surface area contributed by atoms with Gasteiger partial charge in [0.25, 0.3) is 0 Å². The summed E-state index contributed by atoms with van der Waals surface area (Å²) >= 11 is 0. The van der Waals surface area contributed by atoms with Gasteiger partial charge in [0.15, 0.2) is 0 Å². The highest BCUT2D eigenvalue weighted by atomic mass is 16.5. The number of ether oxygens (including phenoxy) is 1. The van der Waals surface area contributed by atoms with Crippen LogP contribution < -0.4 is 10.6 Å². The van der Waals surface area contributed by atoms with Crippen molar-refractivity contribution >= 4 is 28.7 Å². The number of amides is 2. The molecular formula is C23H26N4O3. The molecule has 0 bridgehead atoms. The zero-order valence-corrected chi connectivity index (χ0v) is 16.8. The summed E-state index contributed by atoms with van der Waals surface area (Å²) in [5.41, 5.74) is 2.52. The van der Waals surface area contributed by atoms with Gasteiger partial charge in [0.05, 0.1) is 5.69 Å². The number of aromatic amines is 1. The Kier molecular flexibility index (Phi) is 6.27. The number of fused-ring (bicyclic) bond motifs is 1. The lowest BCUT2D eigenvalue weighted by atomic mass is 9.81. The lowest BCUT2D eigenvalue weighted by molar-refractivity contribution is -0.121. The summed E-state index contributed by atoms with van der Waals surface area (Å²) in [5.74, 6) is 0.418. The van der Waals surface area contributed by atoms with Crippen LogP contribution in [-0.2, 0) is 16.1 Å². The number of benzene rings is 1. The monoisotopic (exact) mass is 406 g/mol. The van der Waals surface area contributed by atoms with Crippen LogP contribution in [0, 0.1) is 11.8 Å². The molecule has 3 aromatic rings. The Labute approximate surface area is 175 Å². The van der Waals surface area contributed by atoms with Crippen LogP contribution in [0.1, 0.15) is 31.2 Å². The molecule has 30 heavy (non-hydrogen) atoms. The van der Waals surface area contributed by atoms with Crippen molar-refractivity contribution in [2.45, 2.75) is 32.3 Å². The molecule has 0 radical (unpaired) electrons. The quantitative estimate of drug-likeness (QED) is 0.571. The number of hydrogen-bond donors (Lipinski definition) is 3. The summed E-state index contributed by atoms with van der Waals surface area (Å²) in [7, 11) is 0. The summed E-state index contributed by atoms with van der Waals surface area (Å²) in [4.78, 5) is 31.9. The summed E-state index contributed by atoms with van der Waals surface area (Å²) in [5, 5.41) is 6.82. The highest BCUT2D eigenvalue weighted by Gasteiger charge is 2.27. The van der Waals surface area contributed by atoms with Crippen molar-refractivity contribution in [3.8, 4) is 0 Å². The van der Waals surface area contributed by atoms with Gasteiger partial charge in [-0.1, -0.05) is 30.3 Å². The van der Waals surface area contributed by atoms with Crippen LogP contribution in [0.15, 0.2) is 54.9 Å². The fourth-order valence-electron chi connectivity index (χ4n) is 3.94. The van der Waals surface area contributed by atoms with Crippen molar-refractivity contribution in [2.24, 2.45) is 11.8 Å². The second-order valence-electron chi connectivity index (χ2n) is 7.75. The highest BCUT2D eigenvalue weighted by Crippen LogP contribution is 2.30. The minimum atomic E-state index is -0.396. The molecule has 1 aliphatic rings. The molecule has 3 N–H and O–H groups in total. The Morgan fingerprint density at radius 1 is 1.07 bits per heavy atom. The number of nitrogens with one attached hydrogen (secondary N) is 3. The van der Waals surface area contributed by atoms with Crippen molar-refractivity contribution in [1.82, 2.24) is 15.3 Å². The van der Waals surface area contributed by atoms with Crippen molar-refractivity contribution in [1.29, 1.82) is 0 Å². The number of pyridine rings is 1. The van der Waals surface area contributed by atoms with E-state index >= 15 is 0 Å². The minimum Gasteiger partial charge on any atom is -0.445 e. The molecule has 0 unspecified atom stereocenters. The average molecular weight is 406 g/mol. The van der Waals surface area contributed by atoms with Crippen molar-refractivity contribution in [3.05, 3.63) is 60.4 Å². The molecule has 4 rings (SSSR count). The lowest BCUT2D eigenvalue weighted by Crippen LogP contribution is -2.34. The Morgan fingerprint density at radius 3 is 2.67 bits per heavy atom. The molecule has 0 saturated heterocycles. The Balaban J connectivity index is 1.19. The predicted octanol–water partition coefficient (Wildman–Crippen LogP) is 4.23. The van der Waals surface area contributed by atoms with Gasteiger partial charge < -0.3 is 20.4 Å². The van der Waals surface area contributed by atoms with Gasteiger partial charge in [0.2, 0.25) is 5.91 Å². The SMILES string of the molecule is O=C(NCC1CCC(C(=O)Nc2ccnc3[nH]ccc23)CC1)OCc1ccccc1. The molecule has 1 aliphatic carbocycles. The molecule has 156 valence electrons. The van der Waals surface area contributed by atoms with Crippen LogP contribution in [0.4, 0.5) is 10.5 Å². The third-order valence-electron chi connectivity index (χ3n) is 5.68. The van der Waals surface area contributed by atoms with Gasteiger partial charge in [-0.3, -0.25) is 4.79 Å². The second-order valence-corrected chi connectivity index (χ2v) is 7.75. The van der Waals surface area contributed by atoms with Crippen LogP contribution in [0.25, 0.3) is 11.0 Å². The van der Waals surface area contributed by atoms with E-state index in [1.807, 2.05) is 48.7 Å². The van der Waals surface area contributed by atoms with Crippen LogP contribution >= 0.6 is 0 Å². The van der Waals surface area contributed by atoms with Gasteiger partial charge in [-0.2, -0.15) is 0 Å². The van der Waals surface area contributed by atoms with Gasteiger partial charge in [-0.15, -0.1) is 0 Å². The number of alkyl carbamates (subject to hydrolysis) is 1. The zero-order valence-electron chi connectivity index (χ0n) is 16.8. The first kappa shape index (κ1) is 19.9. The number of carbonyl (C=O) groups excluding carboxylic acids is 2. The number of rotatable bonds is 6. The third-order valence-corrected chi connectivity index (χ3v) is 5.68.